The summed E-state index contributed by atoms with van der Waals surface area (Å²) in [4.78, 5) is 31.9. The fraction of sp³-hybridized carbons (Fsp3) is 0.423. The van der Waals surface area contributed by atoms with Gasteiger partial charge in [-0.05, 0) is 56.0 Å². The maximum Gasteiger partial charge on any atom is 0.261 e. The fourth-order valence-electron chi connectivity index (χ4n) is 4.40. The molecule has 0 saturated carbocycles. The molecule has 1 aliphatic heterocycles. The molecule has 1 N–H and O–H groups in total. The van der Waals surface area contributed by atoms with Crippen molar-refractivity contribution in [2.75, 3.05) is 6.54 Å². The maximum absolute atomic E-state index is 12.7. The lowest BCUT2D eigenvalue weighted by Gasteiger charge is -2.33. The van der Waals surface area contributed by atoms with Crippen LogP contribution in [0.5, 0.6) is 0 Å². The third kappa shape index (κ3) is 5.25. The van der Waals surface area contributed by atoms with Gasteiger partial charge in [0.1, 0.15) is 0 Å². The van der Waals surface area contributed by atoms with E-state index in [0.29, 0.717) is 24.5 Å². The number of aromatic nitrogens is 2. The third-order valence-electron chi connectivity index (χ3n) is 6.47. The molecule has 32 heavy (non-hydrogen) atoms. The van der Waals surface area contributed by atoms with E-state index in [1.165, 1.54) is 42.3 Å². The second-order valence-electron chi connectivity index (χ2n) is 8.87. The largest absolute Gasteiger partial charge is 0.352 e. The summed E-state index contributed by atoms with van der Waals surface area (Å²) in [5, 5.41) is 3.55. The van der Waals surface area contributed by atoms with Crippen LogP contribution in [0.3, 0.4) is 0 Å². The quantitative estimate of drug-likeness (QED) is 0.617. The number of likely N-dealkylation sites (tertiary alicyclic amines) is 1. The molecule has 0 aliphatic carbocycles. The number of hydrogen-bond donors (Lipinski definition) is 1. The zero-order chi connectivity index (χ0) is 22.5. The Hall–Kier alpha value is -2.99. The number of fused-ring (bicyclic) bond motifs is 1. The summed E-state index contributed by atoms with van der Waals surface area (Å²) < 4.78 is 1.51. The minimum absolute atomic E-state index is 0.0764. The molecule has 1 atom stereocenters. The Morgan fingerprint density at radius 3 is 2.69 bits per heavy atom. The molecule has 4 rings (SSSR count). The van der Waals surface area contributed by atoms with Crippen molar-refractivity contribution in [2.45, 2.75) is 65.2 Å². The van der Waals surface area contributed by atoms with Crippen LogP contribution in [0.2, 0.25) is 0 Å². The summed E-state index contributed by atoms with van der Waals surface area (Å²) in [6.07, 6.45) is 5.68. The highest BCUT2D eigenvalue weighted by Crippen LogP contribution is 2.19. The first-order chi connectivity index (χ1) is 15.5. The number of nitrogens with zero attached hydrogens (tertiary/aromatic N) is 3. The number of nitrogens with one attached hydrogen (secondary N) is 1. The highest BCUT2D eigenvalue weighted by atomic mass is 16.1. The molecular formula is C26H32N4O2. The SMILES string of the molecule is Cc1cccc2c(=O)n(CCC(=O)NCc3ccc(CN4CCCCC4C)cc3)cnc12. The molecule has 6 heteroatoms. The van der Waals surface area contributed by atoms with Gasteiger partial charge in [0.05, 0.1) is 17.2 Å². The molecule has 2 heterocycles. The van der Waals surface area contributed by atoms with Crippen molar-refractivity contribution in [3.8, 4) is 0 Å². The van der Waals surface area contributed by atoms with Crippen molar-refractivity contribution in [2.24, 2.45) is 0 Å². The van der Waals surface area contributed by atoms with E-state index in [1.54, 1.807) is 6.07 Å². The highest BCUT2D eigenvalue weighted by Gasteiger charge is 2.18. The first kappa shape index (κ1) is 22.2. The third-order valence-corrected chi connectivity index (χ3v) is 6.47. The molecule has 1 aliphatic rings. The van der Waals surface area contributed by atoms with E-state index in [0.717, 1.165) is 23.2 Å². The van der Waals surface area contributed by atoms with Gasteiger partial charge < -0.3 is 5.32 Å². The Morgan fingerprint density at radius 2 is 1.91 bits per heavy atom. The van der Waals surface area contributed by atoms with Gasteiger partial charge in [0.15, 0.2) is 0 Å². The van der Waals surface area contributed by atoms with Crippen LogP contribution < -0.4 is 10.9 Å². The van der Waals surface area contributed by atoms with Gasteiger partial charge in [-0.1, -0.05) is 42.8 Å². The minimum Gasteiger partial charge on any atom is -0.352 e. The van der Waals surface area contributed by atoms with E-state index in [2.05, 4.69) is 46.4 Å². The summed E-state index contributed by atoms with van der Waals surface area (Å²) >= 11 is 0. The summed E-state index contributed by atoms with van der Waals surface area (Å²) in [7, 11) is 0. The minimum atomic E-state index is -0.106. The molecule has 1 saturated heterocycles. The molecule has 1 fully saturated rings. The van der Waals surface area contributed by atoms with Crippen LogP contribution in [-0.2, 0) is 24.4 Å². The van der Waals surface area contributed by atoms with E-state index in [4.69, 9.17) is 0 Å². The van der Waals surface area contributed by atoms with Crippen LogP contribution in [0.4, 0.5) is 0 Å². The van der Waals surface area contributed by atoms with Crippen LogP contribution in [0.1, 0.15) is 49.3 Å². The second kappa shape index (κ2) is 10.1. The van der Waals surface area contributed by atoms with E-state index in [1.807, 2.05) is 19.1 Å². The van der Waals surface area contributed by atoms with Gasteiger partial charge in [-0.15, -0.1) is 0 Å². The number of piperidine rings is 1. The zero-order valence-electron chi connectivity index (χ0n) is 19.0. The Morgan fingerprint density at radius 1 is 1.12 bits per heavy atom. The molecule has 1 unspecified atom stereocenters. The van der Waals surface area contributed by atoms with Crippen LogP contribution in [0.15, 0.2) is 53.6 Å². The molecule has 3 aromatic rings. The molecule has 2 aromatic carbocycles. The molecule has 168 valence electrons. The number of rotatable bonds is 7. The topological polar surface area (TPSA) is 67.2 Å². The first-order valence-corrected chi connectivity index (χ1v) is 11.5. The summed E-state index contributed by atoms with van der Waals surface area (Å²) in [6, 6.07) is 14.7. The summed E-state index contributed by atoms with van der Waals surface area (Å²) in [5.74, 6) is -0.0764. The number of aryl methyl sites for hydroxylation is 2. The van der Waals surface area contributed by atoms with Gasteiger partial charge in [0, 0.05) is 32.1 Å². The van der Waals surface area contributed by atoms with Gasteiger partial charge in [0.2, 0.25) is 5.91 Å². The van der Waals surface area contributed by atoms with E-state index < -0.39 is 0 Å². The Bertz CT molecular complexity index is 1140. The molecule has 0 spiro atoms. The smallest absolute Gasteiger partial charge is 0.261 e. The van der Waals surface area contributed by atoms with Crippen LogP contribution in [-0.4, -0.2) is 32.9 Å². The predicted octanol–water partition coefficient (Wildman–Crippen LogP) is 3.79. The van der Waals surface area contributed by atoms with Gasteiger partial charge in [-0.3, -0.25) is 19.1 Å². The predicted molar refractivity (Wildman–Crippen MR) is 127 cm³/mol. The average Bonchev–Trinajstić information content (AvgIpc) is 2.80. The number of amides is 1. The number of benzene rings is 2. The van der Waals surface area contributed by atoms with Crippen molar-refractivity contribution in [1.29, 1.82) is 0 Å². The van der Waals surface area contributed by atoms with E-state index in [9.17, 15) is 9.59 Å². The molecule has 0 bridgehead atoms. The number of para-hydroxylation sites is 1. The van der Waals surface area contributed by atoms with Gasteiger partial charge in [0.25, 0.3) is 5.56 Å². The molecule has 6 nitrogen and oxygen atoms in total. The van der Waals surface area contributed by atoms with E-state index >= 15 is 0 Å². The lowest BCUT2D eigenvalue weighted by molar-refractivity contribution is -0.121. The Balaban J connectivity index is 1.27. The molecular weight excluding hydrogens is 400 g/mol. The summed E-state index contributed by atoms with van der Waals surface area (Å²) in [6.45, 7) is 7.22. The normalized spacial score (nSPS) is 16.9. The van der Waals surface area contributed by atoms with Gasteiger partial charge >= 0.3 is 0 Å². The monoisotopic (exact) mass is 432 g/mol. The Labute approximate surface area is 189 Å². The van der Waals surface area contributed by atoms with Gasteiger partial charge in [-0.2, -0.15) is 0 Å². The van der Waals surface area contributed by atoms with Crippen molar-refractivity contribution >= 4 is 16.8 Å². The van der Waals surface area contributed by atoms with Crippen molar-refractivity contribution in [3.05, 3.63) is 75.8 Å². The van der Waals surface area contributed by atoms with Crippen LogP contribution >= 0.6 is 0 Å². The maximum atomic E-state index is 12.7. The summed E-state index contributed by atoms with van der Waals surface area (Å²) in [5.41, 5.74) is 3.98. The van der Waals surface area contributed by atoms with Crippen molar-refractivity contribution < 1.29 is 4.79 Å². The van der Waals surface area contributed by atoms with E-state index in [-0.39, 0.29) is 17.9 Å². The Kier molecular flexibility index (Phi) is 7.00. The average molecular weight is 433 g/mol. The zero-order valence-corrected chi connectivity index (χ0v) is 19.0. The molecule has 1 aromatic heterocycles. The van der Waals surface area contributed by atoms with Crippen molar-refractivity contribution in [3.63, 3.8) is 0 Å². The van der Waals surface area contributed by atoms with Crippen LogP contribution in [0, 0.1) is 6.92 Å². The molecule has 1 amide bonds. The van der Waals surface area contributed by atoms with Crippen LogP contribution in [0.25, 0.3) is 10.9 Å². The van der Waals surface area contributed by atoms with Gasteiger partial charge in [-0.25, -0.2) is 4.98 Å². The second-order valence-corrected chi connectivity index (χ2v) is 8.87. The first-order valence-electron chi connectivity index (χ1n) is 11.5. The highest BCUT2D eigenvalue weighted by molar-refractivity contribution is 5.80. The molecule has 0 radical (unpaired) electrons. The lowest BCUT2D eigenvalue weighted by atomic mass is 10.0. The lowest BCUT2D eigenvalue weighted by Crippen LogP contribution is -2.36. The standard InChI is InChI=1S/C26H32N4O2/c1-19-6-5-8-23-25(19)28-18-30(26(23)32)15-13-24(31)27-16-21-9-11-22(12-10-21)17-29-14-4-3-7-20(29)2/h5-6,8-12,18,20H,3-4,7,13-17H2,1-2H3,(H,27,31). The van der Waals surface area contributed by atoms with Crippen molar-refractivity contribution in [1.82, 2.24) is 19.8 Å². The number of carbonyl (C=O) groups is 1. The fourth-order valence-corrected chi connectivity index (χ4v) is 4.40. The number of carbonyl (C=O) groups excluding carboxylic acids is 1. The number of hydrogen-bond acceptors (Lipinski definition) is 4.